The summed E-state index contributed by atoms with van der Waals surface area (Å²) in [5.74, 6) is 1.37. The molecule has 3 rings (SSSR count). The number of anilines is 2. The summed E-state index contributed by atoms with van der Waals surface area (Å²) >= 11 is 6.01. The highest BCUT2D eigenvalue weighted by Gasteiger charge is 2.08. The fourth-order valence-corrected chi connectivity index (χ4v) is 1.97. The fourth-order valence-electron chi connectivity index (χ4n) is 1.77. The summed E-state index contributed by atoms with van der Waals surface area (Å²) in [7, 11) is 1.86. The molecule has 2 aromatic heterocycles. The van der Waals surface area contributed by atoms with Crippen LogP contribution >= 0.6 is 11.6 Å². The van der Waals surface area contributed by atoms with E-state index in [0.717, 1.165) is 16.6 Å². The van der Waals surface area contributed by atoms with E-state index < -0.39 is 0 Å². The van der Waals surface area contributed by atoms with Crippen molar-refractivity contribution in [2.75, 3.05) is 5.32 Å². The number of benzene rings is 1. The molecule has 0 atom stereocenters. The van der Waals surface area contributed by atoms with E-state index in [1.54, 1.807) is 4.68 Å². The molecule has 0 radical (unpaired) electrons. The quantitative estimate of drug-likeness (QED) is 0.769. The van der Waals surface area contributed by atoms with E-state index in [-0.39, 0.29) is 0 Å². The first kappa shape index (κ1) is 11.0. The van der Waals surface area contributed by atoms with Gasteiger partial charge in [-0.1, -0.05) is 35.9 Å². The smallest absolute Gasteiger partial charge is 0.162 e. The summed E-state index contributed by atoms with van der Waals surface area (Å²) in [6.45, 7) is 0. The van der Waals surface area contributed by atoms with Gasteiger partial charge in [0.1, 0.15) is 0 Å². The second-order valence-electron chi connectivity index (χ2n) is 3.88. The number of hydrogen-bond acceptors (Lipinski definition) is 4. The largest absolute Gasteiger partial charge is 0.321 e. The van der Waals surface area contributed by atoms with Crippen LogP contribution in [0.4, 0.5) is 11.6 Å². The molecule has 0 saturated heterocycles. The van der Waals surface area contributed by atoms with Crippen molar-refractivity contribution in [3.8, 4) is 0 Å². The number of hydrogen-bond donors (Lipinski definition) is 1. The third kappa shape index (κ3) is 1.89. The van der Waals surface area contributed by atoms with Crippen LogP contribution in [0.5, 0.6) is 0 Å². The molecular formula is C12H10ClN5. The number of nitrogens with zero attached hydrogens (tertiary/aromatic N) is 4. The van der Waals surface area contributed by atoms with E-state index >= 15 is 0 Å². The maximum atomic E-state index is 6.01. The van der Waals surface area contributed by atoms with Gasteiger partial charge >= 0.3 is 0 Å². The molecule has 0 aliphatic rings. The highest BCUT2D eigenvalue weighted by Crippen LogP contribution is 2.27. The minimum absolute atomic E-state index is 0.400. The monoisotopic (exact) mass is 259 g/mol. The fraction of sp³-hybridized carbons (Fsp3) is 0.0833. The Balaban J connectivity index is 2.09. The van der Waals surface area contributed by atoms with Gasteiger partial charge in [0.15, 0.2) is 16.8 Å². The predicted molar refractivity (Wildman–Crippen MR) is 71.0 cm³/mol. The van der Waals surface area contributed by atoms with Gasteiger partial charge < -0.3 is 5.32 Å². The van der Waals surface area contributed by atoms with E-state index in [2.05, 4.69) is 20.6 Å². The molecule has 6 heteroatoms. The van der Waals surface area contributed by atoms with Crippen LogP contribution in [0.1, 0.15) is 0 Å². The van der Waals surface area contributed by atoms with Crippen molar-refractivity contribution >= 4 is 34.0 Å². The molecule has 18 heavy (non-hydrogen) atoms. The van der Waals surface area contributed by atoms with Gasteiger partial charge in [-0.15, -0.1) is 10.2 Å². The lowest BCUT2D eigenvalue weighted by Gasteiger charge is -2.06. The zero-order valence-electron chi connectivity index (χ0n) is 9.63. The highest BCUT2D eigenvalue weighted by molar-refractivity contribution is 6.34. The summed E-state index contributed by atoms with van der Waals surface area (Å²) < 4.78 is 1.72. The third-order valence-corrected chi connectivity index (χ3v) is 2.88. The van der Waals surface area contributed by atoms with E-state index in [1.807, 2.05) is 43.6 Å². The van der Waals surface area contributed by atoms with Crippen LogP contribution in [0.25, 0.3) is 10.8 Å². The van der Waals surface area contributed by atoms with Crippen molar-refractivity contribution in [1.82, 2.24) is 20.0 Å². The molecule has 0 amide bonds. The number of fused-ring (bicyclic) bond motifs is 1. The van der Waals surface area contributed by atoms with Gasteiger partial charge in [0.25, 0.3) is 0 Å². The maximum Gasteiger partial charge on any atom is 0.162 e. The topological polar surface area (TPSA) is 55.6 Å². The third-order valence-electron chi connectivity index (χ3n) is 2.60. The summed E-state index contributed by atoms with van der Waals surface area (Å²) in [5, 5.41) is 17.6. The minimum atomic E-state index is 0.400. The Bertz CT molecular complexity index is 707. The van der Waals surface area contributed by atoms with Crippen LogP contribution in [0.3, 0.4) is 0 Å². The van der Waals surface area contributed by atoms with Crippen molar-refractivity contribution < 1.29 is 0 Å². The molecular weight excluding hydrogens is 250 g/mol. The maximum absolute atomic E-state index is 6.01. The van der Waals surface area contributed by atoms with Crippen molar-refractivity contribution in [1.29, 1.82) is 0 Å². The first-order valence-electron chi connectivity index (χ1n) is 5.41. The first-order valence-corrected chi connectivity index (χ1v) is 5.79. The Labute approximate surface area is 108 Å². The Morgan fingerprint density at radius 3 is 2.61 bits per heavy atom. The van der Waals surface area contributed by atoms with E-state index in [1.165, 1.54) is 0 Å². The Kier molecular flexibility index (Phi) is 2.60. The van der Waals surface area contributed by atoms with E-state index in [4.69, 9.17) is 11.6 Å². The number of nitrogens with one attached hydrogen (secondary N) is 1. The van der Waals surface area contributed by atoms with Crippen LogP contribution in [0.2, 0.25) is 5.15 Å². The first-order chi connectivity index (χ1) is 8.74. The van der Waals surface area contributed by atoms with Gasteiger partial charge in [0.05, 0.1) is 0 Å². The SMILES string of the molecule is Cn1ccc(Nc2nnc(Cl)c3ccccc23)n1. The lowest BCUT2D eigenvalue weighted by Crippen LogP contribution is -1.99. The molecule has 0 bridgehead atoms. The van der Waals surface area contributed by atoms with Crippen LogP contribution in [0, 0.1) is 0 Å². The summed E-state index contributed by atoms with van der Waals surface area (Å²) in [6, 6.07) is 9.58. The van der Waals surface area contributed by atoms with Crippen molar-refractivity contribution in [3.63, 3.8) is 0 Å². The van der Waals surface area contributed by atoms with Crippen LogP contribution in [0.15, 0.2) is 36.5 Å². The number of aryl methyl sites for hydroxylation is 1. The van der Waals surface area contributed by atoms with Crippen LogP contribution in [-0.4, -0.2) is 20.0 Å². The summed E-state index contributed by atoms with van der Waals surface area (Å²) in [4.78, 5) is 0. The minimum Gasteiger partial charge on any atom is -0.321 e. The van der Waals surface area contributed by atoms with Gasteiger partial charge in [0.2, 0.25) is 0 Å². The van der Waals surface area contributed by atoms with Crippen molar-refractivity contribution in [3.05, 3.63) is 41.7 Å². The number of rotatable bonds is 2. The van der Waals surface area contributed by atoms with E-state index in [9.17, 15) is 0 Å². The Morgan fingerprint density at radius 2 is 1.89 bits per heavy atom. The molecule has 0 saturated carbocycles. The summed E-state index contributed by atoms with van der Waals surface area (Å²) in [6.07, 6.45) is 1.86. The zero-order valence-corrected chi connectivity index (χ0v) is 10.4. The molecule has 3 aromatic rings. The predicted octanol–water partition coefficient (Wildman–Crippen LogP) is 2.76. The highest BCUT2D eigenvalue weighted by atomic mass is 35.5. The lowest BCUT2D eigenvalue weighted by molar-refractivity contribution is 0.771. The molecule has 5 nitrogen and oxygen atoms in total. The Morgan fingerprint density at radius 1 is 1.11 bits per heavy atom. The molecule has 0 spiro atoms. The van der Waals surface area contributed by atoms with Crippen molar-refractivity contribution in [2.24, 2.45) is 7.05 Å². The van der Waals surface area contributed by atoms with Gasteiger partial charge in [-0.3, -0.25) is 4.68 Å². The van der Waals surface area contributed by atoms with Crippen LogP contribution in [-0.2, 0) is 7.05 Å². The van der Waals surface area contributed by atoms with Crippen molar-refractivity contribution in [2.45, 2.75) is 0 Å². The molecule has 0 aliphatic heterocycles. The Hall–Kier alpha value is -2.14. The van der Waals surface area contributed by atoms with Gasteiger partial charge in [-0.25, -0.2) is 0 Å². The van der Waals surface area contributed by atoms with Gasteiger partial charge in [-0.2, -0.15) is 5.10 Å². The summed E-state index contributed by atoms with van der Waals surface area (Å²) in [5.41, 5.74) is 0. The van der Waals surface area contributed by atoms with Gasteiger partial charge in [-0.05, 0) is 0 Å². The number of halogens is 1. The van der Waals surface area contributed by atoms with Crippen LogP contribution < -0.4 is 5.32 Å². The van der Waals surface area contributed by atoms with E-state index in [0.29, 0.717) is 11.0 Å². The number of aromatic nitrogens is 4. The molecule has 1 N–H and O–H groups in total. The average Bonchev–Trinajstić information content (AvgIpc) is 2.79. The molecule has 0 unspecified atom stereocenters. The second-order valence-corrected chi connectivity index (χ2v) is 4.24. The molecule has 0 fully saturated rings. The lowest BCUT2D eigenvalue weighted by atomic mass is 10.2. The normalized spacial score (nSPS) is 10.8. The molecule has 2 heterocycles. The standard InChI is InChI=1S/C12H10ClN5/c1-18-7-6-10(17-18)14-12-9-5-3-2-4-8(9)11(13)15-16-12/h2-7H,1H3,(H,14,16,17). The molecule has 1 aromatic carbocycles. The van der Waals surface area contributed by atoms with Gasteiger partial charge in [0, 0.05) is 30.1 Å². The zero-order chi connectivity index (χ0) is 12.5. The average molecular weight is 260 g/mol. The second kappa shape index (κ2) is 4.27. The molecule has 0 aliphatic carbocycles. The molecule has 90 valence electrons.